The van der Waals surface area contributed by atoms with Crippen LogP contribution in [0.1, 0.15) is 18.5 Å². The molecule has 0 radical (unpaired) electrons. The van der Waals surface area contributed by atoms with Crippen molar-refractivity contribution in [1.29, 1.82) is 5.26 Å². The highest BCUT2D eigenvalue weighted by Gasteiger charge is 2.62. The van der Waals surface area contributed by atoms with Crippen LogP contribution in [0.25, 0.3) is 0 Å². The van der Waals surface area contributed by atoms with Gasteiger partial charge in [-0.2, -0.15) is 5.26 Å². The van der Waals surface area contributed by atoms with E-state index in [9.17, 15) is 18.8 Å². The van der Waals surface area contributed by atoms with E-state index in [1.165, 1.54) is 24.1 Å². The Morgan fingerprint density at radius 2 is 2.25 bits per heavy atom. The van der Waals surface area contributed by atoms with Gasteiger partial charge in [0.25, 0.3) is 11.8 Å². The average Bonchev–Trinajstić information content (AvgIpc) is 2.97. The van der Waals surface area contributed by atoms with Gasteiger partial charge in [0.15, 0.2) is 0 Å². The number of aromatic nitrogens is 1. The van der Waals surface area contributed by atoms with Gasteiger partial charge in [0.05, 0.1) is 28.9 Å². The number of nitriles is 1. The highest BCUT2D eigenvalue weighted by atomic mass is 32.2. The Labute approximate surface area is 140 Å². The van der Waals surface area contributed by atoms with Gasteiger partial charge in [-0.15, -0.1) is 0 Å². The molecule has 1 aromatic heterocycles. The number of alkyl halides is 2. The molecule has 5 nitrogen and oxygen atoms in total. The normalized spacial score (nSPS) is 29.5. The Morgan fingerprint density at radius 3 is 2.96 bits per heavy atom. The zero-order valence-electron chi connectivity index (χ0n) is 12.4. The molecule has 2 aliphatic heterocycles. The van der Waals surface area contributed by atoms with Gasteiger partial charge in [-0.05, 0) is 24.6 Å². The predicted octanol–water partition coefficient (Wildman–Crippen LogP) is 2.90. The molecule has 2 unspecified atom stereocenters. The summed E-state index contributed by atoms with van der Waals surface area (Å²) in [5.74, 6) is -3.67. The number of rotatable bonds is 3. The second kappa shape index (κ2) is 5.11. The molecular formula is C16H12F2N4OS. The van der Waals surface area contributed by atoms with E-state index >= 15 is 0 Å². The van der Waals surface area contributed by atoms with Gasteiger partial charge in [0, 0.05) is 18.6 Å². The number of carbonyl (C=O) groups is 1. The van der Waals surface area contributed by atoms with Crippen molar-refractivity contribution < 1.29 is 13.6 Å². The molecule has 1 N–H and O–H groups in total. The zero-order chi connectivity index (χ0) is 16.9. The van der Waals surface area contributed by atoms with Gasteiger partial charge in [0.1, 0.15) is 10.4 Å². The minimum absolute atomic E-state index is 0.119. The lowest BCUT2D eigenvalue weighted by Crippen LogP contribution is -2.40. The fourth-order valence-corrected chi connectivity index (χ4v) is 4.02. The Hall–Kier alpha value is -2.27. The standard InChI is InChI=1S/C16H12F2N4OS/c17-16(18)6-10(16)5-15(9(7-19)3-4-20-14(15)23)12-2-1-11-13(22-12)24-8-21-11/h1-4,10,21H,5-6,8H2. The van der Waals surface area contributed by atoms with Crippen LogP contribution >= 0.6 is 11.8 Å². The maximum atomic E-state index is 13.5. The number of fused-ring (bicyclic) bond motifs is 1. The van der Waals surface area contributed by atoms with E-state index in [1.807, 2.05) is 6.07 Å². The number of nitrogens with zero attached hydrogens (tertiary/aromatic N) is 3. The lowest BCUT2D eigenvalue weighted by Gasteiger charge is -2.31. The summed E-state index contributed by atoms with van der Waals surface area (Å²) in [6.07, 6.45) is 2.24. The van der Waals surface area contributed by atoms with E-state index in [-0.39, 0.29) is 18.4 Å². The number of anilines is 1. The molecule has 0 saturated heterocycles. The lowest BCUT2D eigenvalue weighted by atomic mass is 9.71. The molecule has 1 fully saturated rings. The molecule has 8 heteroatoms. The smallest absolute Gasteiger partial charge is 0.263 e. The van der Waals surface area contributed by atoms with Gasteiger partial charge < -0.3 is 5.32 Å². The van der Waals surface area contributed by atoms with Gasteiger partial charge in [-0.3, -0.25) is 4.79 Å². The minimum atomic E-state index is -2.79. The van der Waals surface area contributed by atoms with Gasteiger partial charge in [0.2, 0.25) is 0 Å². The number of hydrogen-bond donors (Lipinski definition) is 1. The van der Waals surface area contributed by atoms with Crippen molar-refractivity contribution >= 4 is 29.6 Å². The van der Waals surface area contributed by atoms with Crippen molar-refractivity contribution in [3.05, 3.63) is 29.5 Å². The van der Waals surface area contributed by atoms with Crippen molar-refractivity contribution in [2.75, 3.05) is 11.2 Å². The molecule has 24 heavy (non-hydrogen) atoms. The molecule has 0 bridgehead atoms. The first-order valence-corrected chi connectivity index (χ1v) is 8.41. The first-order valence-electron chi connectivity index (χ1n) is 7.43. The Balaban J connectivity index is 1.85. The molecule has 4 rings (SSSR count). The molecule has 3 aliphatic rings. The summed E-state index contributed by atoms with van der Waals surface area (Å²) in [6.45, 7) is 0. The minimum Gasteiger partial charge on any atom is -0.373 e. The van der Waals surface area contributed by atoms with E-state index in [1.54, 1.807) is 12.1 Å². The van der Waals surface area contributed by atoms with Crippen molar-refractivity contribution in [3.8, 4) is 6.07 Å². The van der Waals surface area contributed by atoms with Crippen molar-refractivity contribution in [1.82, 2.24) is 4.98 Å². The molecule has 0 aromatic carbocycles. The molecule has 1 aliphatic carbocycles. The maximum Gasteiger partial charge on any atom is 0.263 e. The molecule has 1 saturated carbocycles. The number of amides is 1. The highest BCUT2D eigenvalue weighted by molar-refractivity contribution is 7.99. The van der Waals surface area contributed by atoms with Crippen LogP contribution in [0, 0.1) is 17.2 Å². The van der Waals surface area contributed by atoms with E-state index in [0.717, 1.165) is 5.69 Å². The summed E-state index contributed by atoms with van der Waals surface area (Å²) < 4.78 is 27.1. The van der Waals surface area contributed by atoms with Crippen molar-refractivity contribution in [2.24, 2.45) is 10.9 Å². The molecule has 1 amide bonds. The number of aliphatic imine (C=N–C) groups is 1. The van der Waals surface area contributed by atoms with E-state index in [2.05, 4.69) is 15.3 Å². The number of nitrogens with one attached hydrogen (secondary N) is 1. The molecule has 122 valence electrons. The summed E-state index contributed by atoms with van der Waals surface area (Å²) in [5, 5.41) is 13.3. The van der Waals surface area contributed by atoms with Crippen LogP contribution in [0.15, 0.2) is 33.8 Å². The second-order valence-corrected chi connectivity index (χ2v) is 7.03. The maximum absolute atomic E-state index is 13.5. The molecular weight excluding hydrogens is 334 g/mol. The van der Waals surface area contributed by atoms with Gasteiger partial charge in [-0.1, -0.05) is 11.8 Å². The first kappa shape index (κ1) is 15.3. The third-order valence-corrected chi connectivity index (χ3v) is 5.53. The Morgan fingerprint density at radius 1 is 1.46 bits per heavy atom. The summed E-state index contributed by atoms with van der Waals surface area (Å²) in [4.78, 5) is 20.9. The third-order valence-electron chi connectivity index (χ3n) is 4.66. The van der Waals surface area contributed by atoms with Crippen molar-refractivity contribution in [2.45, 2.75) is 29.2 Å². The SMILES string of the molecule is N#CC1=CC=NC(=O)C1(CC1CC1(F)F)c1ccc2c(n1)SCN2. The quantitative estimate of drug-likeness (QED) is 0.910. The zero-order valence-corrected chi connectivity index (χ0v) is 13.2. The predicted molar refractivity (Wildman–Crippen MR) is 85.1 cm³/mol. The number of hydrogen-bond acceptors (Lipinski definition) is 5. The largest absolute Gasteiger partial charge is 0.373 e. The van der Waals surface area contributed by atoms with E-state index < -0.39 is 23.2 Å². The number of halogens is 2. The first-order chi connectivity index (χ1) is 11.5. The van der Waals surface area contributed by atoms with Crippen LogP contribution in [-0.4, -0.2) is 28.9 Å². The number of allylic oxidation sites excluding steroid dienone is 1. The number of carbonyl (C=O) groups excluding carboxylic acids is 1. The van der Waals surface area contributed by atoms with Crippen LogP contribution in [0.2, 0.25) is 0 Å². The lowest BCUT2D eigenvalue weighted by molar-refractivity contribution is -0.122. The molecule has 2 atom stereocenters. The average molecular weight is 346 g/mol. The van der Waals surface area contributed by atoms with Crippen molar-refractivity contribution in [3.63, 3.8) is 0 Å². The second-order valence-electron chi connectivity index (χ2n) is 6.06. The topological polar surface area (TPSA) is 78.1 Å². The third kappa shape index (κ3) is 2.15. The number of thioether (sulfide) groups is 1. The molecule has 0 spiro atoms. The number of pyridine rings is 1. The summed E-state index contributed by atoms with van der Waals surface area (Å²) >= 11 is 1.47. The van der Waals surface area contributed by atoms with E-state index in [4.69, 9.17) is 0 Å². The van der Waals surface area contributed by atoms with Gasteiger partial charge in [-0.25, -0.2) is 18.8 Å². The Bertz CT molecular complexity index is 845. The van der Waals surface area contributed by atoms with Crippen LogP contribution in [0.3, 0.4) is 0 Å². The fourth-order valence-electron chi connectivity index (χ4n) is 3.19. The van der Waals surface area contributed by atoms with Gasteiger partial charge >= 0.3 is 0 Å². The van der Waals surface area contributed by atoms with Crippen LogP contribution in [-0.2, 0) is 10.2 Å². The highest BCUT2D eigenvalue weighted by Crippen LogP contribution is 2.56. The van der Waals surface area contributed by atoms with Crippen LogP contribution < -0.4 is 5.32 Å². The Kier molecular flexibility index (Phi) is 3.25. The van der Waals surface area contributed by atoms with Crippen LogP contribution in [0.4, 0.5) is 14.5 Å². The monoisotopic (exact) mass is 346 g/mol. The molecule has 1 aromatic rings. The van der Waals surface area contributed by atoms with Crippen LogP contribution in [0.5, 0.6) is 0 Å². The summed E-state index contributed by atoms with van der Waals surface area (Å²) in [6, 6.07) is 5.39. The summed E-state index contributed by atoms with van der Waals surface area (Å²) in [7, 11) is 0. The molecule has 3 heterocycles. The summed E-state index contributed by atoms with van der Waals surface area (Å²) in [5.41, 5.74) is -0.250. The fraction of sp³-hybridized carbons (Fsp3) is 0.375. The number of dihydropyridines is 1. The van der Waals surface area contributed by atoms with E-state index in [0.29, 0.717) is 16.6 Å².